The minimum atomic E-state index is 0.957. The van der Waals surface area contributed by atoms with Crippen LogP contribution in [0.25, 0.3) is 22.8 Å². The van der Waals surface area contributed by atoms with E-state index >= 15 is 0 Å². The number of allylic oxidation sites excluding steroid dienone is 2. The maximum Gasteiger partial charge on any atom is 0.0866 e. The zero-order valence-corrected chi connectivity index (χ0v) is 12.2. The third-order valence-electron chi connectivity index (χ3n) is 4.51. The summed E-state index contributed by atoms with van der Waals surface area (Å²) in [6.45, 7) is 0. The number of ether oxygens (including phenoxy) is 1. The molecule has 1 heteroatoms. The molecule has 1 nitrogen and oxygen atoms in total. The molecule has 2 aliphatic carbocycles. The quantitative estimate of drug-likeness (QED) is 0.675. The molecule has 104 valence electrons. The summed E-state index contributed by atoms with van der Waals surface area (Å²) in [7, 11) is 1.73. The number of hydrogen-bond acceptors (Lipinski definition) is 1. The van der Waals surface area contributed by atoms with Crippen molar-refractivity contribution in [2.45, 2.75) is 19.3 Å². The fourth-order valence-electron chi connectivity index (χ4n) is 3.62. The highest BCUT2D eigenvalue weighted by atomic mass is 16.5. The Morgan fingerprint density at radius 1 is 1.00 bits per heavy atom. The molecule has 2 aliphatic rings. The number of benzene rings is 2. The molecule has 0 N–H and O–H groups in total. The molecule has 0 atom stereocenters. The zero-order chi connectivity index (χ0) is 14.2. The van der Waals surface area contributed by atoms with Crippen LogP contribution >= 0.6 is 0 Å². The predicted octanol–water partition coefficient (Wildman–Crippen LogP) is 4.86. The van der Waals surface area contributed by atoms with E-state index in [1.54, 1.807) is 7.11 Å². The Labute approximate surface area is 125 Å². The van der Waals surface area contributed by atoms with Gasteiger partial charge in [0.1, 0.15) is 0 Å². The Bertz CT molecular complexity index is 765. The van der Waals surface area contributed by atoms with E-state index in [2.05, 4.69) is 48.6 Å². The average molecular weight is 274 g/mol. The molecule has 0 spiro atoms. The number of methoxy groups -OCH3 is 1. The third-order valence-corrected chi connectivity index (χ3v) is 4.51. The Kier molecular flexibility index (Phi) is 2.92. The van der Waals surface area contributed by atoms with Crippen LogP contribution in [0.2, 0.25) is 0 Å². The van der Waals surface area contributed by atoms with E-state index in [0.717, 1.165) is 19.3 Å². The van der Waals surface area contributed by atoms with Crippen LogP contribution in [-0.2, 0) is 17.6 Å². The third kappa shape index (κ3) is 1.92. The largest absolute Gasteiger partial charge is 0.504 e. The summed E-state index contributed by atoms with van der Waals surface area (Å²) >= 11 is 0. The monoisotopic (exact) mass is 274 g/mol. The van der Waals surface area contributed by atoms with Crippen LogP contribution in [-0.4, -0.2) is 7.11 Å². The summed E-state index contributed by atoms with van der Waals surface area (Å²) in [5, 5.41) is 0. The summed E-state index contributed by atoms with van der Waals surface area (Å²) in [6.07, 6.45) is 9.57. The summed E-state index contributed by atoms with van der Waals surface area (Å²) in [6, 6.07) is 13.3. The van der Waals surface area contributed by atoms with E-state index in [9.17, 15) is 0 Å². The summed E-state index contributed by atoms with van der Waals surface area (Å²) in [5.74, 6) is 0. The van der Waals surface area contributed by atoms with E-state index in [0.29, 0.717) is 0 Å². The first-order valence-electron chi connectivity index (χ1n) is 7.51. The maximum absolute atomic E-state index is 5.30. The van der Waals surface area contributed by atoms with Crippen LogP contribution in [0, 0.1) is 0 Å². The minimum absolute atomic E-state index is 0.957. The van der Waals surface area contributed by atoms with Gasteiger partial charge in [0.15, 0.2) is 0 Å². The molecule has 0 heterocycles. The van der Waals surface area contributed by atoms with Gasteiger partial charge in [-0.25, -0.2) is 0 Å². The lowest BCUT2D eigenvalue weighted by molar-refractivity contribution is 0.339. The fourth-order valence-corrected chi connectivity index (χ4v) is 3.62. The first-order chi connectivity index (χ1) is 10.4. The van der Waals surface area contributed by atoms with Gasteiger partial charge < -0.3 is 4.74 Å². The van der Waals surface area contributed by atoms with Gasteiger partial charge in [-0.05, 0) is 58.2 Å². The fraction of sp³-hybridized carbons (Fsp3) is 0.200. The summed E-state index contributed by atoms with van der Waals surface area (Å²) in [5.41, 5.74) is 9.76. The van der Waals surface area contributed by atoms with Crippen molar-refractivity contribution in [3.63, 3.8) is 0 Å². The molecule has 0 aliphatic heterocycles. The van der Waals surface area contributed by atoms with Gasteiger partial charge >= 0.3 is 0 Å². The molecule has 0 saturated carbocycles. The molecule has 0 fully saturated rings. The number of hydrogen-bond donors (Lipinski definition) is 0. The molecule has 0 unspecified atom stereocenters. The van der Waals surface area contributed by atoms with Crippen molar-refractivity contribution in [3.05, 3.63) is 71.0 Å². The van der Waals surface area contributed by atoms with Crippen molar-refractivity contribution < 1.29 is 4.74 Å². The topological polar surface area (TPSA) is 9.23 Å². The molecular weight excluding hydrogens is 256 g/mol. The number of aryl methyl sites for hydroxylation is 1. The van der Waals surface area contributed by atoms with E-state index in [4.69, 9.17) is 4.74 Å². The van der Waals surface area contributed by atoms with Crippen LogP contribution in [0.3, 0.4) is 0 Å². The van der Waals surface area contributed by atoms with E-state index in [1.165, 1.54) is 39.0 Å². The van der Waals surface area contributed by atoms with E-state index in [-0.39, 0.29) is 0 Å². The first kappa shape index (κ1) is 12.5. The van der Waals surface area contributed by atoms with Gasteiger partial charge in [0, 0.05) is 0 Å². The van der Waals surface area contributed by atoms with Gasteiger partial charge in [0.05, 0.1) is 13.4 Å². The second-order valence-electron chi connectivity index (χ2n) is 5.70. The number of fused-ring (bicyclic) bond motifs is 5. The van der Waals surface area contributed by atoms with Gasteiger partial charge in [-0.1, -0.05) is 48.6 Å². The lowest BCUT2D eigenvalue weighted by Gasteiger charge is -2.26. The minimum Gasteiger partial charge on any atom is -0.504 e. The molecule has 0 saturated heterocycles. The van der Waals surface area contributed by atoms with Crippen molar-refractivity contribution in [2.24, 2.45) is 0 Å². The highest BCUT2D eigenvalue weighted by molar-refractivity contribution is 5.87. The summed E-state index contributed by atoms with van der Waals surface area (Å²) < 4.78 is 5.30. The van der Waals surface area contributed by atoms with Gasteiger partial charge in [-0.15, -0.1) is 0 Å². The van der Waals surface area contributed by atoms with Crippen LogP contribution < -0.4 is 0 Å². The molecule has 0 radical (unpaired) electrons. The van der Waals surface area contributed by atoms with Crippen LogP contribution in [0.1, 0.15) is 28.7 Å². The molecule has 4 rings (SSSR count). The van der Waals surface area contributed by atoms with Crippen LogP contribution in [0.4, 0.5) is 0 Å². The lowest BCUT2D eigenvalue weighted by atomic mass is 9.78. The standard InChI is InChI=1S/C20H18O/c1-21-13-16-7-4-6-15-10-11-18-17-8-3-2-5-14(17)9-12-19(18)20(15)16/h2-6,8,10-11,13H,7,9,12H2,1H3. The molecule has 21 heavy (non-hydrogen) atoms. The van der Waals surface area contributed by atoms with Crippen molar-refractivity contribution in [1.29, 1.82) is 0 Å². The Hall–Kier alpha value is -2.28. The van der Waals surface area contributed by atoms with E-state index in [1.807, 2.05) is 6.26 Å². The maximum atomic E-state index is 5.30. The van der Waals surface area contributed by atoms with Crippen molar-refractivity contribution in [1.82, 2.24) is 0 Å². The summed E-state index contributed by atoms with van der Waals surface area (Å²) in [4.78, 5) is 0. The van der Waals surface area contributed by atoms with E-state index < -0.39 is 0 Å². The van der Waals surface area contributed by atoms with Crippen molar-refractivity contribution in [3.8, 4) is 11.1 Å². The van der Waals surface area contributed by atoms with Gasteiger partial charge in [0.25, 0.3) is 0 Å². The molecular formula is C20H18O. The molecule has 2 aromatic carbocycles. The molecule has 2 aromatic rings. The van der Waals surface area contributed by atoms with Crippen molar-refractivity contribution in [2.75, 3.05) is 7.11 Å². The average Bonchev–Trinajstić information content (AvgIpc) is 2.54. The molecule has 0 aromatic heterocycles. The second kappa shape index (κ2) is 4.92. The number of rotatable bonds is 1. The van der Waals surface area contributed by atoms with Gasteiger partial charge in [-0.3, -0.25) is 0 Å². The predicted molar refractivity (Wildman–Crippen MR) is 87.9 cm³/mol. The van der Waals surface area contributed by atoms with Gasteiger partial charge in [-0.2, -0.15) is 0 Å². The zero-order valence-electron chi connectivity index (χ0n) is 12.2. The Morgan fingerprint density at radius 2 is 1.90 bits per heavy atom. The lowest BCUT2D eigenvalue weighted by Crippen LogP contribution is -2.09. The molecule has 0 amide bonds. The van der Waals surface area contributed by atoms with Crippen LogP contribution in [0.5, 0.6) is 0 Å². The highest BCUT2D eigenvalue weighted by Gasteiger charge is 2.22. The first-order valence-corrected chi connectivity index (χ1v) is 7.51. The van der Waals surface area contributed by atoms with Crippen LogP contribution in [0.15, 0.2) is 48.7 Å². The highest BCUT2D eigenvalue weighted by Crippen LogP contribution is 2.41. The molecule has 0 bridgehead atoms. The smallest absolute Gasteiger partial charge is 0.0866 e. The normalized spacial score (nSPS) is 17.1. The SMILES string of the molecule is COC=C1CC=Cc2ccc3c(c21)CCc1ccccc1-3. The van der Waals surface area contributed by atoms with Gasteiger partial charge in [0.2, 0.25) is 0 Å². The van der Waals surface area contributed by atoms with Crippen molar-refractivity contribution >= 4 is 11.6 Å². The second-order valence-corrected chi connectivity index (χ2v) is 5.70. The Morgan fingerprint density at radius 3 is 2.81 bits per heavy atom. The Balaban J connectivity index is 1.98.